The SMILES string of the molecule is N#CC1=C(N)NC=C(c2cccs2)C1c1ccc(Cl)cc1. The Morgan fingerprint density at radius 3 is 2.62 bits per heavy atom. The van der Waals surface area contributed by atoms with E-state index in [1.165, 1.54) is 0 Å². The van der Waals surface area contributed by atoms with Gasteiger partial charge in [0.2, 0.25) is 0 Å². The predicted octanol–water partition coefficient (Wildman–Crippen LogP) is 3.82. The number of nitrogens with zero attached hydrogens (tertiary/aromatic N) is 1. The van der Waals surface area contributed by atoms with E-state index in [4.69, 9.17) is 17.3 Å². The Morgan fingerprint density at radius 1 is 1.24 bits per heavy atom. The second-order valence-electron chi connectivity index (χ2n) is 4.65. The fraction of sp³-hybridized carbons (Fsp3) is 0.0625. The summed E-state index contributed by atoms with van der Waals surface area (Å²) >= 11 is 7.60. The van der Waals surface area contributed by atoms with Crippen LogP contribution in [0.25, 0.3) is 5.57 Å². The first-order chi connectivity index (χ1) is 10.2. The standard InChI is InChI=1S/C16H12ClN3S/c17-11-5-3-10(4-6-11)15-12(8-18)16(19)20-9-13(15)14-2-1-7-21-14/h1-7,9,15,20H,19H2. The Hall–Kier alpha value is -2.22. The summed E-state index contributed by atoms with van der Waals surface area (Å²) in [4.78, 5) is 1.11. The molecule has 1 unspecified atom stereocenters. The third kappa shape index (κ3) is 2.54. The van der Waals surface area contributed by atoms with Crippen LogP contribution in [0.5, 0.6) is 0 Å². The topological polar surface area (TPSA) is 61.8 Å². The van der Waals surface area contributed by atoms with Gasteiger partial charge in [-0.1, -0.05) is 29.8 Å². The first kappa shape index (κ1) is 13.7. The van der Waals surface area contributed by atoms with Crippen LogP contribution < -0.4 is 11.1 Å². The van der Waals surface area contributed by atoms with Gasteiger partial charge in [-0.3, -0.25) is 0 Å². The highest BCUT2D eigenvalue weighted by Gasteiger charge is 2.28. The molecule has 1 atom stereocenters. The second-order valence-corrected chi connectivity index (χ2v) is 6.03. The van der Waals surface area contributed by atoms with Gasteiger partial charge in [-0.15, -0.1) is 11.3 Å². The van der Waals surface area contributed by atoms with Crippen LogP contribution in [0.1, 0.15) is 16.4 Å². The summed E-state index contributed by atoms with van der Waals surface area (Å²) in [5.74, 6) is 0.227. The molecule has 3 N–H and O–H groups in total. The molecule has 0 saturated carbocycles. The number of halogens is 1. The Bertz CT molecular complexity index is 752. The molecule has 2 heterocycles. The van der Waals surface area contributed by atoms with Crippen LogP contribution in [0, 0.1) is 11.3 Å². The number of nitrogens with two attached hydrogens (primary N) is 1. The quantitative estimate of drug-likeness (QED) is 0.886. The van der Waals surface area contributed by atoms with Gasteiger partial charge in [0.25, 0.3) is 0 Å². The Balaban J connectivity index is 2.13. The summed E-state index contributed by atoms with van der Waals surface area (Å²) in [5, 5.41) is 15.2. The van der Waals surface area contributed by atoms with Gasteiger partial charge in [-0.2, -0.15) is 5.26 Å². The lowest BCUT2D eigenvalue weighted by molar-refractivity contribution is 0.897. The van der Waals surface area contributed by atoms with Gasteiger partial charge in [0.1, 0.15) is 5.82 Å². The molecule has 0 fully saturated rings. The van der Waals surface area contributed by atoms with Crippen molar-refractivity contribution in [3.63, 3.8) is 0 Å². The molecule has 1 aromatic carbocycles. The normalized spacial score (nSPS) is 17.9. The molecule has 104 valence electrons. The number of dihydropyridines is 1. The Kier molecular flexibility index (Phi) is 3.70. The zero-order valence-corrected chi connectivity index (χ0v) is 12.6. The van der Waals surface area contributed by atoms with Crippen molar-refractivity contribution in [3.8, 4) is 6.07 Å². The van der Waals surface area contributed by atoms with E-state index >= 15 is 0 Å². The molecule has 21 heavy (non-hydrogen) atoms. The molecule has 1 aliphatic rings. The van der Waals surface area contributed by atoms with Gasteiger partial charge in [-0.25, -0.2) is 0 Å². The molecule has 3 rings (SSSR count). The van der Waals surface area contributed by atoms with Gasteiger partial charge >= 0.3 is 0 Å². The van der Waals surface area contributed by atoms with Crippen molar-refractivity contribution in [2.24, 2.45) is 5.73 Å². The lowest BCUT2D eigenvalue weighted by atomic mass is 9.83. The minimum absolute atomic E-state index is 0.174. The third-order valence-electron chi connectivity index (χ3n) is 3.40. The van der Waals surface area contributed by atoms with Crippen molar-refractivity contribution >= 4 is 28.5 Å². The summed E-state index contributed by atoms with van der Waals surface area (Å²) < 4.78 is 0. The molecule has 2 aromatic rings. The van der Waals surface area contributed by atoms with Crippen LogP contribution in [0.3, 0.4) is 0 Å². The monoisotopic (exact) mass is 313 g/mol. The highest BCUT2D eigenvalue weighted by molar-refractivity contribution is 7.11. The lowest BCUT2D eigenvalue weighted by Gasteiger charge is -2.25. The Morgan fingerprint density at radius 2 is 2.00 bits per heavy atom. The number of benzene rings is 1. The predicted molar refractivity (Wildman–Crippen MR) is 86.5 cm³/mol. The highest BCUT2D eigenvalue weighted by atomic mass is 35.5. The van der Waals surface area contributed by atoms with E-state index in [-0.39, 0.29) is 5.92 Å². The minimum atomic E-state index is -0.174. The molecular formula is C16H12ClN3S. The van der Waals surface area contributed by atoms with E-state index in [0.29, 0.717) is 16.4 Å². The average molecular weight is 314 g/mol. The van der Waals surface area contributed by atoms with Crippen molar-refractivity contribution in [1.29, 1.82) is 5.26 Å². The second kappa shape index (κ2) is 5.65. The minimum Gasteiger partial charge on any atom is -0.384 e. The largest absolute Gasteiger partial charge is 0.384 e. The molecule has 1 aliphatic heterocycles. The van der Waals surface area contributed by atoms with Crippen molar-refractivity contribution in [2.75, 3.05) is 0 Å². The van der Waals surface area contributed by atoms with Crippen LogP contribution in [-0.2, 0) is 0 Å². The first-order valence-electron chi connectivity index (χ1n) is 6.36. The smallest absolute Gasteiger partial charge is 0.115 e. The number of thiophene rings is 1. The molecule has 0 amide bonds. The first-order valence-corrected chi connectivity index (χ1v) is 7.62. The summed E-state index contributed by atoms with van der Waals surface area (Å²) in [5.41, 5.74) is 8.51. The van der Waals surface area contributed by atoms with Crippen molar-refractivity contribution in [2.45, 2.75) is 5.92 Å². The van der Waals surface area contributed by atoms with Crippen LogP contribution in [0.4, 0.5) is 0 Å². The van der Waals surface area contributed by atoms with E-state index in [1.54, 1.807) is 11.3 Å². The van der Waals surface area contributed by atoms with Crippen LogP contribution in [-0.4, -0.2) is 0 Å². The van der Waals surface area contributed by atoms with Crippen molar-refractivity contribution in [1.82, 2.24) is 5.32 Å². The summed E-state index contributed by atoms with van der Waals surface area (Å²) in [6.45, 7) is 0. The number of nitriles is 1. The van der Waals surface area contributed by atoms with Crippen LogP contribution in [0.15, 0.2) is 59.4 Å². The molecule has 3 nitrogen and oxygen atoms in total. The van der Waals surface area contributed by atoms with E-state index < -0.39 is 0 Å². The van der Waals surface area contributed by atoms with Gasteiger partial charge in [0, 0.05) is 16.1 Å². The van der Waals surface area contributed by atoms with Gasteiger partial charge in [0.15, 0.2) is 0 Å². The number of rotatable bonds is 2. The molecule has 0 radical (unpaired) electrons. The van der Waals surface area contributed by atoms with Crippen LogP contribution in [0.2, 0.25) is 5.02 Å². The molecule has 1 aromatic heterocycles. The number of allylic oxidation sites excluding steroid dienone is 2. The number of nitrogens with one attached hydrogen (secondary N) is 1. The molecule has 0 bridgehead atoms. The highest BCUT2D eigenvalue weighted by Crippen LogP contribution is 2.41. The zero-order chi connectivity index (χ0) is 14.8. The molecule has 0 spiro atoms. The fourth-order valence-corrected chi connectivity index (χ4v) is 3.31. The van der Waals surface area contributed by atoms with Crippen molar-refractivity contribution in [3.05, 3.63) is 74.8 Å². The van der Waals surface area contributed by atoms with E-state index in [9.17, 15) is 5.26 Å². The lowest BCUT2D eigenvalue weighted by Crippen LogP contribution is -2.25. The third-order valence-corrected chi connectivity index (χ3v) is 4.57. The fourth-order valence-electron chi connectivity index (χ4n) is 2.41. The summed E-state index contributed by atoms with van der Waals surface area (Å²) in [7, 11) is 0. The number of hydrogen-bond acceptors (Lipinski definition) is 4. The van der Waals surface area contributed by atoms with E-state index in [2.05, 4.69) is 11.4 Å². The van der Waals surface area contributed by atoms with Gasteiger partial charge in [0.05, 0.1) is 17.6 Å². The van der Waals surface area contributed by atoms with Gasteiger partial charge < -0.3 is 11.1 Å². The van der Waals surface area contributed by atoms with Gasteiger partial charge in [-0.05, 0) is 34.7 Å². The van der Waals surface area contributed by atoms with Crippen LogP contribution >= 0.6 is 22.9 Å². The zero-order valence-electron chi connectivity index (χ0n) is 11.0. The molecule has 0 aliphatic carbocycles. The van der Waals surface area contributed by atoms with E-state index in [1.807, 2.05) is 48.0 Å². The molecule has 5 heteroatoms. The molecular weight excluding hydrogens is 302 g/mol. The van der Waals surface area contributed by atoms with Crippen molar-refractivity contribution < 1.29 is 0 Å². The maximum atomic E-state index is 9.49. The Labute approximate surface area is 132 Å². The molecule has 0 saturated heterocycles. The summed E-state index contributed by atoms with van der Waals surface area (Å²) in [6, 6.07) is 13.8. The average Bonchev–Trinajstić information content (AvgIpc) is 3.02. The maximum Gasteiger partial charge on any atom is 0.115 e. The maximum absolute atomic E-state index is 9.49. The number of hydrogen-bond donors (Lipinski definition) is 2. The summed E-state index contributed by atoms with van der Waals surface area (Å²) in [6.07, 6.45) is 1.88. The van der Waals surface area contributed by atoms with E-state index in [0.717, 1.165) is 16.0 Å².